The van der Waals surface area contributed by atoms with Gasteiger partial charge >= 0.3 is 5.97 Å². The van der Waals surface area contributed by atoms with Gasteiger partial charge in [0.2, 0.25) is 0 Å². The van der Waals surface area contributed by atoms with Gasteiger partial charge in [-0.05, 0) is 61.7 Å². The second-order valence-corrected chi connectivity index (χ2v) is 6.29. The smallest absolute Gasteiger partial charge is 0.340 e. The molecule has 0 aliphatic carbocycles. The van der Waals surface area contributed by atoms with Crippen LogP contribution >= 0.6 is 0 Å². The van der Waals surface area contributed by atoms with E-state index in [0.29, 0.717) is 16.8 Å². The molecule has 0 saturated heterocycles. The van der Waals surface area contributed by atoms with Gasteiger partial charge < -0.3 is 4.74 Å². The highest BCUT2D eigenvalue weighted by Gasteiger charge is 2.25. The number of benzene rings is 1. The van der Waals surface area contributed by atoms with Crippen molar-refractivity contribution in [3.8, 4) is 11.3 Å². The maximum atomic E-state index is 13.3. The first-order valence-electron chi connectivity index (χ1n) is 8.39. The van der Waals surface area contributed by atoms with Crippen LogP contribution in [0.4, 0.5) is 4.39 Å². The quantitative estimate of drug-likeness (QED) is 0.644. The second kappa shape index (κ2) is 6.67. The highest BCUT2D eigenvalue weighted by atomic mass is 19.1. The van der Waals surface area contributed by atoms with Crippen LogP contribution in [0, 0.1) is 12.7 Å². The van der Waals surface area contributed by atoms with Crippen LogP contribution in [0.5, 0.6) is 0 Å². The molecule has 0 unspecified atom stereocenters. The fourth-order valence-corrected chi connectivity index (χ4v) is 3.08. The summed E-state index contributed by atoms with van der Waals surface area (Å²) in [5, 5.41) is 4.67. The van der Waals surface area contributed by atoms with E-state index in [2.05, 4.69) is 5.10 Å². The van der Waals surface area contributed by atoms with Crippen molar-refractivity contribution in [1.82, 2.24) is 9.61 Å². The van der Waals surface area contributed by atoms with Gasteiger partial charge in [-0.25, -0.2) is 13.7 Å². The monoisotopic (exact) mass is 340 g/mol. The average Bonchev–Trinajstić information content (AvgIpc) is 2.95. The number of aromatic nitrogens is 2. The van der Waals surface area contributed by atoms with Crippen molar-refractivity contribution < 1.29 is 13.9 Å². The van der Waals surface area contributed by atoms with Gasteiger partial charge in [0.15, 0.2) is 0 Å². The maximum Gasteiger partial charge on any atom is 0.340 e. The van der Waals surface area contributed by atoms with Gasteiger partial charge in [-0.1, -0.05) is 13.8 Å². The van der Waals surface area contributed by atoms with Gasteiger partial charge in [0.05, 0.1) is 17.7 Å². The van der Waals surface area contributed by atoms with Crippen molar-refractivity contribution in [1.29, 1.82) is 0 Å². The highest BCUT2D eigenvalue weighted by molar-refractivity contribution is 5.99. The summed E-state index contributed by atoms with van der Waals surface area (Å²) in [6.45, 7) is 8.09. The second-order valence-electron chi connectivity index (χ2n) is 6.29. The largest absolute Gasteiger partial charge is 0.462 e. The number of hydrogen-bond acceptors (Lipinski definition) is 3. The molecule has 0 N–H and O–H groups in total. The van der Waals surface area contributed by atoms with Gasteiger partial charge in [-0.3, -0.25) is 0 Å². The number of esters is 1. The number of nitrogens with zero attached hydrogens (tertiary/aromatic N) is 2. The van der Waals surface area contributed by atoms with Gasteiger partial charge in [0, 0.05) is 11.3 Å². The van der Waals surface area contributed by atoms with Crippen LogP contribution in [0.25, 0.3) is 16.8 Å². The Morgan fingerprint density at radius 2 is 1.88 bits per heavy atom. The molecule has 0 saturated carbocycles. The van der Waals surface area contributed by atoms with Crippen LogP contribution in [0.1, 0.15) is 48.3 Å². The molecule has 0 aliphatic rings. The first-order valence-corrected chi connectivity index (χ1v) is 8.39. The Balaban J connectivity index is 2.40. The van der Waals surface area contributed by atoms with Crippen LogP contribution < -0.4 is 0 Å². The van der Waals surface area contributed by atoms with E-state index >= 15 is 0 Å². The normalized spacial score (nSPS) is 11.3. The number of halogens is 1. The molecule has 2 heterocycles. The van der Waals surface area contributed by atoms with E-state index in [4.69, 9.17) is 4.74 Å². The molecule has 3 rings (SSSR count). The minimum Gasteiger partial charge on any atom is -0.462 e. The number of carbonyl (C=O) groups is 1. The molecule has 4 nitrogen and oxygen atoms in total. The summed E-state index contributed by atoms with van der Waals surface area (Å²) in [6.07, 6.45) is 0. The third kappa shape index (κ3) is 3.02. The summed E-state index contributed by atoms with van der Waals surface area (Å²) >= 11 is 0. The lowest BCUT2D eigenvalue weighted by Gasteiger charge is -2.18. The Labute approximate surface area is 146 Å². The molecular weight excluding hydrogens is 319 g/mol. The third-order valence-corrected chi connectivity index (χ3v) is 4.20. The maximum absolute atomic E-state index is 13.3. The Bertz CT molecular complexity index is 927. The minimum absolute atomic E-state index is 0.0957. The molecule has 2 aromatic heterocycles. The lowest BCUT2D eigenvalue weighted by Crippen LogP contribution is -2.15. The minimum atomic E-state index is -0.403. The zero-order valence-electron chi connectivity index (χ0n) is 14.8. The van der Waals surface area contributed by atoms with Crippen LogP contribution in [-0.2, 0) is 4.74 Å². The average molecular weight is 340 g/mol. The molecule has 130 valence electrons. The van der Waals surface area contributed by atoms with Crippen LogP contribution in [0.15, 0.2) is 36.4 Å². The van der Waals surface area contributed by atoms with E-state index in [1.807, 2.05) is 37.4 Å². The lowest BCUT2D eigenvalue weighted by molar-refractivity contribution is 0.0525. The van der Waals surface area contributed by atoms with Gasteiger partial charge in [-0.2, -0.15) is 5.10 Å². The molecule has 0 bridgehead atoms. The molecule has 0 radical (unpaired) electrons. The molecule has 0 fully saturated rings. The van der Waals surface area contributed by atoms with Crippen molar-refractivity contribution >= 4 is 11.5 Å². The van der Waals surface area contributed by atoms with Crippen LogP contribution in [0.2, 0.25) is 0 Å². The number of ether oxygens (including phenoxy) is 1. The third-order valence-electron chi connectivity index (χ3n) is 4.20. The predicted octanol–water partition coefficient (Wildman–Crippen LogP) is 4.75. The number of rotatable bonds is 4. The number of hydrogen-bond donors (Lipinski definition) is 0. The van der Waals surface area contributed by atoms with Crippen LogP contribution in [0.3, 0.4) is 0 Å². The van der Waals surface area contributed by atoms with E-state index in [9.17, 15) is 9.18 Å². The van der Waals surface area contributed by atoms with E-state index in [-0.39, 0.29) is 18.3 Å². The van der Waals surface area contributed by atoms with Crippen LogP contribution in [-0.4, -0.2) is 22.2 Å². The highest BCUT2D eigenvalue weighted by Crippen LogP contribution is 2.33. The Morgan fingerprint density at radius 3 is 2.48 bits per heavy atom. The Kier molecular flexibility index (Phi) is 4.57. The van der Waals surface area contributed by atoms with Gasteiger partial charge in [-0.15, -0.1) is 0 Å². The fraction of sp³-hybridized carbons (Fsp3) is 0.300. The lowest BCUT2D eigenvalue weighted by atomic mass is 9.93. The zero-order valence-corrected chi connectivity index (χ0v) is 14.8. The Hall–Kier alpha value is -2.69. The molecule has 5 heteroatoms. The molecule has 0 aliphatic heterocycles. The molecule has 0 spiro atoms. The summed E-state index contributed by atoms with van der Waals surface area (Å²) in [7, 11) is 0. The van der Waals surface area contributed by atoms with Gasteiger partial charge in [0.1, 0.15) is 11.5 Å². The topological polar surface area (TPSA) is 43.6 Å². The molecule has 1 aromatic carbocycles. The van der Waals surface area contributed by atoms with Crippen molar-refractivity contribution in [2.45, 2.75) is 33.6 Å². The van der Waals surface area contributed by atoms with E-state index in [0.717, 1.165) is 16.8 Å². The molecule has 0 amide bonds. The predicted molar refractivity (Wildman–Crippen MR) is 95.4 cm³/mol. The summed E-state index contributed by atoms with van der Waals surface area (Å²) in [5.41, 5.74) is 4.39. The fourth-order valence-electron chi connectivity index (χ4n) is 3.08. The summed E-state index contributed by atoms with van der Waals surface area (Å²) in [5.74, 6) is -0.637. The Morgan fingerprint density at radius 1 is 1.20 bits per heavy atom. The van der Waals surface area contributed by atoms with E-state index in [1.54, 1.807) is 19.1 Å². The number of fused-ring (bicyclic) bond motifs is 1. The molecule has 0 atom stereocenters. The SMILES string of the molecule is CCOC(=O)c1c(-c2ccc(F)cc2)nn2c(C)ccc2c1C(C)C. The van der Waals surface area contributed by atoms with E-state index < -0.39 is 5.97 Å². The van der Waals surface area contributed by atoms with Crippen molar-refractivity contribution in [3.63, 3.8) is 0 Å². The zero-order chi connectivity index (χ0) is 18.1. The molecule has 3 aromatic rings. The first-order chi connectivity index (χ1) is 11.9. The molecule has 25 heavy (non-hydrogen) atoms. The number of carbonyl (C=O) groups excluding carboxylic acids is 1. The van der Waals surface area contributed by atoms with Crippen molar-refractivity contribution in [2.75, 3.05) is 6.61 Å². The van der Waals surface area contributed by atoms with E-state index in [1.165, 1.54) is 12.1 Å². The first kappa shape index (κ1) is 17.1. The van der Waals surface area contributed by atoms with Crippen molar-refractivity contribution in [2.24, 2.45) is 0 Å². The van der Waals surface area contributed by atoms with Crippen molar-refractivity contribution in [3.05, 3.63) is 59.0 Å². The van der Waals surface area contributed by atoms with Gasteiger partial charge in [0.25, 0.3) is 0 Å². The summed E-state index contributed by atoms with van der Waals surface area (Å²) in [4.78, 5) is 12.7. The standard InChI is InChI=1S/C20H21FN2O2/c1-5-25-20(24)18-17(12(2)3)16-11-6-13(4)23(16)22-19(18)14-7-9-15(21)10-8-14/h6-12H,5H2,1-4H3. The summed E-state index contributed by atoms with van der Waals surface area (Å²) < 4.78 is 20.5. The number of aryl methyl sites for hydroxylation is 1. The summed E-state index contributed by atoms with van der Waals surface area (Å²) in [6, 6.07) is 9.94. The molecular formula is C20H21FN2O2.